The second-order valence-electron chi connectivity index (χ2n) is 3.83. The molecule has 1 aromatic carbocycles. The summed E-state index contributed by atoms with van der Waals surface area (Å²) in [6.45, 7) is 0.0901. The molecule has 1 aromatic heterocycles. The third kappa shape index (κ3) is 3.37. The van der Waals surface area contributed by atoms with Crippen LogP contribution in [-0.4, -0.2) is 15.0 Å². The van der Waals surface area contributed by atoms with Crippen LogP contribution in [0.4, 0.5) is 8.78 Å². The molecule has 0 amide bonds. The van der Waals surface area contributed by atoms with Crippen molar-refractivity contribution in [1.29, 1.82) is 0 Å². The average Bonchev–Trinajstić information content (AvgIpc) is 2.81. The molecule has 2 rings (SSSR count). The predicted molar refractivity (Wildman–Crippen MR) is 69.6 cm³/mol. The van der Waals surface area contributed by atoms with Gasteiger partial charge in [0.2, 0.25) is 10.0 Å². The summed E-state index contributed by atoms with van der Waals surface area (Å²) < 4.78 is 52.6. The fourth-order valence-electron chi connectivity index (χ4n) is 1.58. The first-order valence-corrected chi connectivity index (χ1v) is 7.88. The Morgan fingerprint density at radius 3 is 2.42 bits per heavy atom. The van der Waals surface area contributed by atoms with Gasteiger partial charge in [-0.1, -0.05) is 6.07 Å². The zero-order valence-corrected chi connectivity index (χ0v) is 11.4. The lowest BCUT2D eigenvalue weighted by Crippen LogP contribution is -2.27. The molecule has 0 bridgehead atoms. The number of halogens is 2. The molecule has 0 aliphatic rings. The second-order valence-corrected chi connectivity index (χ2v) is 6.31. The van der Waals surface area contributed by atoms with E-state index >= 15 is 0 Å². The Labute approximate surface area is 114 Å². The molecule has 102 valence electrons. The Morgan fingerprint density at radius 2 is 1.84 bits per heavy atom. The zero-order chi connectivity index (χ0) is 13.9. The van der Waals surface area contributed by atoms with Gasteiger partial charge in [-0.2, -0.15) is 11.3 Å². The fourth-order valence-corrected chi connectivity index (χ4v) is 3.44. The number of sulfonamides is 1. The number of thiophene rings is 1. The second kappa shape index (κ2) is 5.77. The van der Waals surface area contributed by atoms with Gasteiger partial charge in [0.15, 0.2) is 4.90 Å². The van der Waals surface area contributed by atoms with Crippen LogP contribution in [0.15, 0.2) is 39.9 Å². The van der Waals surface area contributed by atoms with Crippen molar-refractivity contribution in [2.45, 2.75) is 11.3 Å². The summed E-state index contributed by atoms with van der Waals surface area (Å²) in [5.41, 5.74) is 0.974. The molecule has 0 saturated heterocycles. The van der Waals surface area contributed by atoms with Crippen molar-refractivity contribution in [2.75, 3.05) is 6.54 Å². The summed E-state index contributed by atoms with van der Waals surface area (Å²) in [6, 6.07) is 4.81. The summed E-state index contributed by atoms with van der Waals surface area (Å²) in [4.78, 5) is -0.930. The van der Waals surface area contributed by atoms with Gasteiger partial charge in [0.1, 0.15) is 11.6 Å². The third-order valence-corrected chi connectivity index (χ3v) is 4.72. The predicted octanol–water partition coefficient (Wildman–Crippen LogP) is 2.55. The first-order chi connectivity index (χ1) is 9.00. The van der Waals surface area contributed by atoms with Gasteiger partial charge >= 0.3 is 0 Å². The molecule has 19 heavy (non-hydrogen) atoms. The minimum Gasteiger partial charge on any atom is -0.211 e. The molecule has 1 heterocycles. The molecule has 0 unspecified atom stereocenters. The summed E-state index contributed by atoms with van der Waals surface area (Å²) in [7, 11) is -4.17. The molecule has 0 fully saturated rings. The lowest BCUT2D eigenvalue weighted by Gasteiger charge is -2.08. The van der Waals surface area contributed by atoms with E-state index in [0.717, 1.165) is 23.8 Å². The number of hydrogen-bond acceptors (Lipinski definition) is 3. The van der Waals surface area contributed by atoms with E-state index < -0.39 is 26.6 Å². The maximum atomic E-state index is 13.4. The van der Waals surface area contributed by atoms with Crippen LogP contribution in [-0.2, 0) is 16.4 Å². The normalized spacial score (nSPS) is 11.7. The molecule has 0 saturated carbocycles. The number of hydrogen-bond donors (Lipinski definition) is 1. The fraction of sp³-hybridized carbons (Fsp3) is 0.167. The lowest BCUT2D eigenvalue weighted by atomic mass is 10.2. The highest BCUT2D eigenvalue weighted by atomic mass is 32.2. The minimum atomic E-state index is -4.17. The van der Waals surface area contributed by atoms with Gasteiger partial charge in [0.25, 0.3) is 0 Å². The summed E-state index contributed by atoms with van der Waals surface area (Å²) in [5.74, 6) is -2.19. The van der Waals surface area contributed by atoms with E-state index in [1.54, 1.807) is 0 Å². The average molecular weight is 303 g/mol. The van der Waals surface area contributed by atoms with Crippen molar-refractivity contribution in [1.82, 2.24) is 4.72 Å². The Morgan fingerprint density at radius 1 is 1.16 bits per heavy atom. The monoisotopic (exact) mass is 303 g/mol. The van der Waals surface area contributed by atoms with Crippen molar-refractivity contribution in [3.63, 3.8) is 0 Å². The van der Waals surface area contributed by atoms with Crippen molar-refractivity contribution >= 4 is 21.4 Å². The highest BCUT2D eigenvalue weighted by Crippen LogP contribution is 2.17. The highest BCUT2D eigenvalue weighted by molar-refractivity contribution is 7.89. The van der Waals surface area contributed by atoms with Gasteiger partial charge in [-0.05, 0) is 40.9 Å². The van der Waals surface area contributed by atoms with Crippen LogP contribution in [0.1, 0.15) is 5.56 Å². The molecule has 0 radical (unpaired) electrons. The highest BCUT2D eigenvalue weighted by Gasteiger charge is 2.23. The van der Waals surface area contributed by atoms with Gasteiger partial charge in [0.05, 0.1) is 0 Å². The van der Waals surface area contributed by atoms with E-state index in [1.807, 2.05) is 16.8 Å². The molecule has 0 atom stereocenters. The van der Waals surface area contributed by atoms with Gasteiger partial charge in [-0.3, -0.25) is 0 Å². The van der Waals surface area contributed by atoms with Crippen molar-refractivity contribution in [3.05, 3.63) is 52.2 Å². The number of benzene rings is 1. The summed E-state index contributed by atoms with van der Waals surface area (Å²) in [5, 5.41) is 3.76. The van der Waals surface area contributed by atoms with E-state index in [4.69, 9.17) is 0 Å². The number of nitrogens with one attached hydrogen (secondary N) is 1. The third-order valence-electron chi connectivity index (χ3n) is 2.47. The standard InChI is InChI=1S/C12H11F2NO2S2/c13-10-2-1-3-11(14)12(10)19(16,17)15-6-4-9-5-7-18-8-9/h1-3,5,7-8,15H,4,6H2. The number of rotatable bonds is 5. The zero-order valence-electron chi connectivity index (χ0n) is 9.77. The van der Waals surface area contributed by atoms with Crippen molar-refractivity contribution < 1.29 is 17.2 Å². The van der Waals surface area contributed by atoms with Crippen LogP contribution >= 0.6 is 11.3 Å². The molecular weight excluding hydrogens is 292 g/mol. The van der Waals surface area contributed by atoms with Gasteiger partial charge in [-0.25, -0.2) is 21.9 Å². The molecule has 3 nitrogen and oxygen atoms in total. The molecule has 0 aliphatic carbocycles. The van der Waals surface area contributed by atoms with Gasteiger partial charge < -0.3 is 0 Å². The first kappa shape index (κ1) is 14.1. The molecule has 7 heteroatoms. The largest absolute Gasteiger partial charge is 0.246 e. The topological polar surface area (TPSA) is 46.2 Å². The van der Waals surface area contributed by atoms with Crippen LogP contribution in [0.25, 0.3) is 0 Å². The minimum absolute atomic E-state index is 0.0901. The molecular formula is C12H11F2NO2S2. The summed E-state index contributed by atoms with van der Waals surface area (Å²) >= 11 is 1.50. The van der Waals surface area contributed by atoms with Gasteiger partial charge in [-0.15, -0.1) is 0 Å². The Kier molecular flexibility index (Phi) is 4.28. The van der Waals surface area contributed by atoms with Gasteiger partial charge in [0, 0.05) is 6.54 Å². The first-order valence-electron chi connectivity index (χ1n) is 5.45. The van der Waals surface area contributed by atoms with E-state index in [1.165, 1.54) is 11.3 Å². The summed E-state index contributed by atoms with van der Waals surface area (Å²) in [6.07, 6.45) is 0.471. The smallest absolute Gasteiger partial charge is 0.211 e. The van der Waals surface area contributed by atoms with Crippen LogP contribution in [0, 0.1) is 11.6 Å². The molecule has 0 spiro atoms. The van der Waals surface area contributed by atoms with Crippen LogP contribution in [0.2, 0.25) is 0 Å². The van der Waals surface area contributed by atoms with Crippen molar-refractivity contribution in [3.8, 4) is 0 Å². The van der Waals surface area contributed by atoms with E-state index in [0.29, 0.717) is 6.42 Å². The van der Waals surface area contributed by atoms with Crippen molar-refractivity contribution in [2.24, 2.45) is 0 Å². The lowest BCUT2D eigenvalue weighted by molar-refractivity contribution is 0.514. The van der Waals surface area contributed by atoms with Crippen LogP contribution in [0.3, 0.4) is 0 Å². The maximum Gasteiger partial charge on any atom is 0.246 e. The quantitative estimate of drug-likeness (QED) is 0.922. The molecule has 0 aliphatic heterocycles. The molecule has 2 aromatic rings. The van der Waals surface area contributed by atoms with E-state index in [-0.39, 0.29) is 6.54 Å². The Bertz CT molecular complexity index is 634. The molecule has 1 N–H and O–H groups in total. The van der Waals surface area contributed by atoms with Crippen LogP contribution < -0.4 is 4.72 Å². The van der Waals surface area contributed by atoms with E-state index in [9.17, 15) is 17.2 Å². The Hall–Kier alpha value is -1.31. The Balaban J connectivity index is 2.10. The van der Waals surface area contributed by atoms with E-state index in [2.05, 4.69) is 4.72 Å². The van der Waals surface area contributed by atoms with Crippen LogP contribution in [0.5, 0.6) is 0 Å². The SMILES string of the molecule is O=S(=O)(NCCc1ccsc1)c1c(F)cccc1F. The maximum absolute atomic E-state index is 13.4.